The van der Waals surface area contributed by atoms with Crippen molar-refractivity contribution in [3.63, 3.8) is 0 Å². The van der Waals surface area contributed by atoms with Gasteiger partial charge in [0.05, 0.1) is 5.71 Å². The number of allylic oxidation sites excluding steroid dienone is 1. The van der Waals surface area contributed by atoms with Crippen LogP contribution in [0, 0.1) is 28.6 Å². The second-order valence-corrected chi connectivity index (χ2v) is 17.1. The number of benzene rings is 1. The molecule has 0 aromatic heterocycles. The van der Waals surface area contributed by atoms with Gasteiger partial charge in [-0.1, -0.05) is 61.0 Å². The van der Waals surface area contributed by atoms with Crippen molar-refractivity contribution in [3.8, 4) is 0 Å². The predicted octanol–water partition coefficient (Wildman–Crippen LogP) is 6.92. The Morgan fingerprint density at radius 3 is 2.59 bits per heavy atom. The largest absolute Gasteiger partial charge is 0.414 e. The average molecular weight is 480 g/mol. The SMILES string of the molecule is C[C@]12CC[C@H](O[Si](C)(C)C)CC1=CC[C@@H]1[C@@H]2C(=O)C[C@]2(C)/C(=N\OCc3ccccc3)CC[C@@H]12. The average Bonchev–Trinajstić information content (AvgIpc) is 3.09. The van der Waals surface area contributed by atoms with Crippen molar-refractivity contribution >= 4 is 19.8 Å². The Kier molecular flexibility index (Phi) is 6.17. The first-order chi connectivity index (χ1) is 16.1. The highest BCUT2D eigenvalue weighted by molar-refractivity contribution is 6.69. The first-order valence-electron chi connectivity index (χ1n) is 13.2. The van der Waals surface area contributed by atoms with Gasteiger partial charge >= 0.3 is 0 Å². The molecule has 0 unspecified atom stereocenters. The molecule has 0 amide bonds. The summed E-state index contributed by atoms with van der Waals surface area (Å²) in [4.78, 5) is 19.6. The minimum Gasteiger partial charge on any atom is -0.414 e. The highest BCUT2D eigenvalue weighted by atomic mass is 28.4. The van der Waals surface area contributed by atoms with Crippen molar-refractivity contribution < 1.29 is 14.1 Å². The third-order valence-corrected chi connectivity index (χ3v) is 10.3. The van der Waals surface area contributed by atoms with Gasteiger partial charge in [0.25, 0.3) is 0 Å². The van der Waals surface area contributed by atoms with E-state index in [0.29, 0.717) is 36.8 Å². The lowest BCUT2D eigenvalue weighted by atomic mass is 9.47. The number of hydrogen-bond acceptors (Lipinski definition) is 4. The van der Waals surface area contributed by atoms with E-state index in [9.17, 15) is 4.79 Å². The van der Waals surface area contributed by atoms with Crippen molar-refractivity contribution in [2.24, 2.45) is 33.7 Å². The first-order valence-corrected chi connectivity index (χ1v) is 16.6. The zero-order valence-corrected chi connectivity index (χ0v) is 22.6. The van der Waals surface area contributed by atoms with E-state index in [0.717, 1.165) is 49.8 Å². The first kappa shape index (κ1) is 24.0. The fraction of sp³-hybridized carbons (Fsp3) is 0.655. The standard InChI is InChI=1S/C29H41NO3Si/c1-28-16-15-22(33-34(3,4)5)17-21(28)11-12-23-24-13-14-26(29(24,2)18-25(31)27(23)28)30-32-19-20-9-7-6-8-10-20/h6-11,22-24,27H,12-19H2,1-5H3/b30-26-/t22-,23-,24-,27+,28-,29-/m0/s1. The molecule has 3 fully saturated rings. The lowest BCUT2D eigenvalue weighted by Crippen LogP contribution is -2.55. The maximum absolute atomic E-state index is 13.8. The quantitative estimate of drug-likeness (QED) is 0.262. The molecule has 0 aliphatic heterocycles. The molecule has 4 nitrogen and oxygen atoms in total. The summed E-state index contributed by atoms with van der Waals surface area (Å²) in [6.07, 6.45) is 9.72. The van der Waals surface area contributed by atoms with Gasteiger partial charge in [0.15, 0.2) is 8.32 Å². The van der Waals surface area contributed by atoms with Crippen molar-refractivity contribution in [2.75, 3.05) is 0 Å². The Morgan fingerprint density at radius 1 is 1.09 bits per heavy atom. The zero-order valence-electron chi connectivity index (χ0n) is 21.6. The summed E-state index contributed by atoms with van der Waals surface area (Å²) >= 11 is 0. The van der Waals surface area contributed by atoms with E-state index in [1.165, 1.54) is 5.57 Å². The van der Waals surface area contributed by atoms with Crippen LogP contribution >= 0.6 is 0 Å². The third-order valence-electron chi connectivity index (χ3n) is 9.26. The van der Waals surface area contributed by atoms with E-state index in [4.69, 9.17) is 9.26 Å². The highest BCUT2D eigenvalue weighted by Gasteiger charge is 2.61. The molecule has 34 heavy (non-hydrogen) atoms. The Labute approximate surface area is 206 Å². The van der Waals surface area contributed by atoms with Gasteiger partial charge in [0.2, 0.25) is 0 Å². The van der Waals surface area contributed by atoms with Crippen LogP contribution in [-0.2, 0) is 20.7 Å². The van der Waals surface area contributed by atoms with Crippen LogP contribution in [0.4, 0.5) is 0 Å². The molecular weight excluding hydrogens is 438 g/mol. The van der Waals surface area contributed by atoms with E-state index in [2.05, 4.69) is 56.9 Å². The van der Waals surface area contributed by atoms with E-state index in [1.807, 2.05) is 18.2 Å². The number of carbonyl (C=O) groups is 1. The van der Waals surface area contributed by atoms with Crippen LogP contribution in [0.15, 0.2) is 47.1 Å². The molecule has 184 valence electrons. The Hall–Kier alpha value is -1.72. The number of ketones is 1. The van der Waals surface area contributed by atoms with Crippen molar-refractivity contribution in [3.05, 3.63) is 47.5 Å². The summed E-state index contributed by atoms with van der Waals surface area (Å²) in [5.41, 5.74) is 3.57. The van der Waals surface area contributed by atoms with Crippen LogP contribution in [0.1, 0.15) is 64.4 Å². The van der Waals surface area contributed by atoms with E-state index < -0.39 is 8.32 Å². The van der Waals surface area contributed by atoms with Gasteiger partial charge in [-0.15, -0.1) is 0 Å². The predicted molar refractivity (Wildman–Crippen MR) is 139 cm³/mol. The minimum atomic E-state index is -1.56. The van der Waals surface area contributed by atoms with E-state index in [1.54, 1.807) is 0 Å². The van der Waals surface area contributed by atoms with Crippen LogP contribution in [0.5, 0.6) is 0 Å². The normalized spacial score (nSPS) is 38.7. The smallest absolute Gasteiger partial charge is 0.184 e. The van der Waals surface area contributed by atoms with Gasteiger partial charge in [-0.3, -0.25) is 4.79 Å². The Bertz CT molecular complexity index is 996. The topological polar surface area (TPSA) is 47.9 Å². The lowest BCUT2D eigenvalue weighted by molar-refractivity contribution is -0.140. The number of oxime groups is 1. The number of nitrogens with zero attached hydrogens (tertiary/aromatic N) is 1. The summed E-state index contributed by atoms with van der Waals surface area (Å²) in [6, 6.07) is 10.2. The molecule has 0 radical (unpaired) electrons. The molecule has 5 rings (SSSR count). The third kappa shape index (κ3) is 4.24. The monoisotopic (exact) mass is 479 g/mol. The fourth-order valence-electron chi connectivity index (χ4n) is 7.76. The summed E-state index contributed by atoms with van der Waals surface area (Å²) in [5, 5.41) is 4.63. The number of fused-ring (bicyclic) bond motifs is 5. The van der Waals surface area contributed by atoms with Gasteiger partial charge in [0.1, 0.15) is 12.4 Å². The molecule has 1 aromatic rings. The lowest BCUT2D eigenvalue weighted by Gasteiger charge is -2.56. The molecule has 0 saturated heterocycles. The number of rotatable bonds is 5. The summed E-state index contributed by atoms with van der Waals surface area (Å²) in [6.45, 7) is 12.0. The second kappa shape index (κ2) is 8.74. The fourth-order valence-corrected chi connectivity index (χ4v) is 8.96. The molecule has 3 saturated carbocycles. The van der Waals surface area contributed by atoms with Gasteiger partial charge in [-0.2, -0.15) is 0 Å². The second-order valence-electron chi connectivity index (χ2n) is 12.6. The molecule has 1 aromatic carbocycles. The van der Waals surface area contributed by atoms with Crippen molar-refractivity contribution in [1.82, 2.24) is 0 Å². The Morgan fingerprint density at radius 2 is 1.85 bits per heavy atom. The molecular formula is C29H41NO3Si. The van der Waals surface area contributed by atoms with Crippen LogP contribution in [0.3, 0.4) is 0 Å². The van der Waals surface area contributed by atoms with Crippen molar-refractivity contribution in [1.29, 1.82) is 0 Å². The molecule has 0 spiro atoms. The van der Waals surface area contributed by atoms with Crippen LogP contribution < -0.4 is 0 Å². The molecule has 0 heterocycles. The number of carbonyl (C=O) groups excluding carboxylic acids is 1. The summed E-state index contributed by atoms with van der Waals surface area (Å²) in [5.74, 6) is 1.55. The van der Waals surface area contributed by atoms with E-state index >= 15 is 0 Å². The number of Topliss-reactive ketones (excluding diaryl/α,β-unsaturated/α-hetero) is 1. The molecule has 0 N–H and O–H groups in total. The van der Waals surface area contributed by atoms with Gasteiger partial charge in [0, 0.05) is 23.9 Å². The molecule has 0 bridgehead atoms. The highest BCUT2D eigenvalue weighted by Crippen LogP contribution is 2.63. The molecule has 4 aliphatic carbocycles. The van der Waals surface area contributed by atoms with Crippen molar-refractivity contribution in [2.45, 2.75) is 91.1 Å². The number of hydrogen-bond donors (Lipinski definition) is 0. The van der Waals surface area contributed by atoms with Crippen LogP contribution in [0.25, 0.3) is 0 Å². The van der Waals surface area contributed by atoms with Gasteiger partial charge < -0.3 is 9.26 Å². The van der Waals surface area contributed by atoms with Gasteiger partial charge in [-0.05, 0) is 81.0 Å². The Balaban J connectivity index is 1.34. The van der Waals surface area contributed by atoms with E-state index in [-0.39, 0.29) is 16.7 Å². The maximum atomic E-state index is 13.8. The maximum Gasteiger partial charge on any atom is 0.184 e. The zero-order chi connectivity index (χ0) is 24.1. The summed E-state index contributed by atoms with van der Waals surface area (Å²) < 4.78 is 6.49. The molecule has 5 heteroatoms. The summed E-state index contributed by atoms with van der Waals surface area (Å²) in [7, 11) is -1.56. The minimum absolute atomic E-state index is 0.00430. The van der Waals surface area contributed by atoms with Crippen LogP contribution in [0.2, 0.25) is 19.6 Å². The molecule has 4 aliphatic rings. The van der Waals surface area contributed by atoms with Gasteiger partial charge in [-0.25, -0.2) is 0 Å². The molecule has 6 atom stereocenters. The van der Waals surface area contributed by atoms with Crippen LogP contribution in [-0.4, -0.2) is 25.9 Å².